The molecule has 4 heteroatoms. The summed E-state index contributed by atoms with van der Waals surface area (Å²) >= 11 is 0. The highest BCUT2D eigenvalue weighted by Crippen LogP contribution is 2.40. The number of hydrogen-bond donors (Lipinski definition) is 2. The Bertz CT molecular complexity index is 585. The fourth-order valence-electron chi connectivity index (χ4n) is 3.08. The Morgan fingerprint density at radius 3 is 2.59 bits per heavy atom. The van der Waals surface area contributed by atoms with Crippen LogP contribution in [0, 0.1) is 6.92 Å². The SMILES string of the molecule is Cc1cc2c(cc1NC(=O)OC(C)(C)C)C(C)CC(C)(C)N2. The second-order valence-electron chi connectivity index (χ2n) is 8.00. The van der Waals surface area contributed by atoms with Crippen molar-refractivity contribution in [3.63, 3.8) is 0 Å². The highest BCUT2D eigenvalue weighted by atomic mass is 16.6. The Labute approximate surface area is 133 Å². The van der Waals surface area contributed by atoms with Crippen LogP contribution in [-0.2, 0) is 4.74 Å². The van der Waals surface area contributed by atoms with Gasteiger partial charge in [0.2, 0.25) is 0 Å². The fourth-order valence-corrected chi connectivity index (χ4v) is 3.08. The van der Waals surface area contributed by atoms with Crippen LogP contribution < -0.4 is 10.6 Å². The number of hydrogen-bond acceptors (Lipinski definition) is 3. The van der Waals surface area contributed by atoms with E-state index in [1.54, 1.807) is 0 Å². The quantitative estimate of drug-likeness (QED) is 0.764. The van der Waals surface area contributed by atoms with Crippen molar-refractivity contribution in [1.29, 1.82) is 0 Å². The van der Waals surface area contributed by atoms with Crippen LogP contribution in [0.4, 0.5) is 16.2 Å². The average Bonchev–Trinajstić information content (AvgIpc) is 2.27. The van der Waals surface area contributed by atoms with Crippen LogP contribution in [0.2, 0.25) is 0 Å². The summed E-state index contributed by atoms with van der Waals surface area (Å²) in [7, 11) is 0. The van der Waals surface area contributed by atoms with E-state index in [4.69, 9.17) is 4.74 Å². The minimum atomic E-state index is -0.495. The van der Waals surface area contributed by atoms with Crippen LogP contribution >= 0.6 is 0 Å². The third-order valence-electron chi connectivity index (χ3n) is 3.85. The predicted octanol–water partition coefficient (Wildman–Crippen LogP) is 5.04. The van der Waals surface area contributed by atoms with E-state index >= 15 is 0 Å². The lowest BCUT2D eigenvalue weighted by Gasteiger charge is -2.38. The first-order valence-corrected chi connectivity index (χ1v) is 7.89. The van der Waals surface area contributed by atoms with Gasteiger partial charge in [-0.2, -0.15) is 0 Å². The van der Waals surface area contributed by atoms with Crippen molar-refractivity contribution in [2.45, 2.75) is 71.9 Å². The van der Waals surface area contributed by atoms with Crippen LogP contribution in [0.25, 0.3) is 0 Å². The molecule has 1 amide bonds. The van der Waals surface area contributed by atoms with Crippen molar-refractivity contribution in [3.8, 4) is 0 Å². The summed E-state index contributed by atoms with van der Waals surface area (Å²) in [5.74, 6) is 0.450. The molecule has 0 radical (unpaired) electrons. The van der Waals surface area contributed by atoms with Crippen LogP contribution in [0.1, 0.15) is 65.0 Å². The van der Waals surface area contributed by atoms with E-state index in [9.17, 15) is 4.79 Å². The van der Waals surface area contributed by atoms with Gasteiger partial charge in [0.1, 0.15) is 5.60 Å². The fraction of sp³-hybridized carbons (Fsp3) is 0.611. The van der Waals surface area contributed by atoms with E-state index in [2.05, 4.69) is 43.5 Å². The maximum absolute atomic E-state index is 12.0. The number of ether oxygens (including phenoxy) is 1. The molecule has 0 aliphatic carbocycles. The number of rotatable bonds is 1. The molecule has 0 aromatic heterocycles. The Kier molecular flexibility index (Phi) is 4.16. The summed E-state index contributed by atoms with van der Waals surface area (Å²) in [5, 5.41) is 6.45. The van der Waals surface area contributed by atoms with Crippen LogP contribution in [0.15, 0.2) is 12.1 Å². The first-order valence-electron chi connectivity index (χ1n) is 7.89. The van der Waals surface area contributed by atoms with Crippen molar-refractivity contribution in [3.05, 3.63) is 23.3 Å². The van der Waals surface area contributed by atoms with Gasteiger partial charge in [0, 0.05) is 16.9 Å². The second-order valence-corrected chi connectivity index (χ2v) is 8.00. The van der Waals surface area contributed by atoms with Crippen LogP contribution in [0.5, 0.6) is 0 Å². The molecular formula is C18H28N2O2. The average molecular weight is 304 g/mol. The van der Waals surface area contributed by atoms with E-state index in [1.165, 1.54) is 5.56 Å². The molecule has 4 nitrogen and oxygen atoms in total. The molecule has 1 atom stereocenters. The highest BCUT2D eigenvalue weighted by molar-refractivity contribution is 5.87. The molecule has 0 saturated heterocycles. The summed E-state index contributed by atoms with van der Waals surface area (Å²) in [6.07, 6.45) is 0.655. The normalized spacial score (nSPS) is 19.9. The first kappa shape index (κ1) is 16.7. The van der Waals surface area contributed by atoms with Crippen molar-refractivity contribution in [2.24, 2.45) is 0 Å². The lowest BCUT2D eigenvalue weighted by atomic mass is 9.81. The molecule has 1 heterocycles. The number of amides is 1. The molecule has 2 rings (SSSR count). The number of aryl methyl sites for hydroxylation is 1. The van der Waals surface area contributed by atoms with Crippen molar-refractivity contribution >= 4 is 17.5 Å². The molecule has 22 heavy (non-hydrogen) atoms. The number of anilines is 2. The smallest absolute Gasteiger partial charge is 0.412 e. The molecule has 2 N–H and O–H groups in total. The zero-order valence-corrected chi connectivity index (χ0v) is 14.8. The molecule has 1 aliphatic rings. The van der Waals surface area contributed by atoms with Crippen molar-refractivity contribution in [2.75, 3.05) is 10.6 Å². The molecule has 1 unspecified atom stereocenters. The van der Waals surface area contributed by atoms with E-state index in [1.807, 2.05) is 27.7 Å². The highest BCUT2D eigenvalue weighted by Gasteiger charge is 2.30. The Morgan fingerprint density at radius 2 is 2.00 bits per heavy atom. The molecule has 0 saturated carbocycles. The Hall–Kier alpha value is -1.71. The topological polar surface area (TPSA) is 50.4 Å². The van der Waals surface area contributed by atoms with Crippen molar-refractivity contribution < 1.29 is 9.53 Å². The molecule has 1 aliphatic heterocycles. The molecule has 1 aromatic rings. The van der Waals surface area contributed by atoms with Crippen LogP contribution in [0.3, 0.4) is 0 Å². The number of carbonyl (C=O) groups is 1. The number of benzene rings is 1. The van der Waals surface area contributed by atoms with Gasteiger partial charge < -0.3 is 10.1 Å². The summed E-state index contributed by atoms with van der Waals surface area (Å²) in [6.45, 7) is 14.2. The largest absolute Gasteiger partial charge is 0.444 e. The van der Waals surface area contributed by atoms with Gasteiger partial charge in [0.15, 0.2) is 0 Å². The van der Waals surface area contributed by atoms with E-state index in [0.29, 0.717) is 5.92 Å². The first-order chi connectivity index (χ1) is 9.97. The standard InChI is InChI=1S/C18H28N2O2/c1-11-8-15-13(12(2)10-18(6,7)20-15)9-14(11)19-16(21)22-17(3,4)5/h8-9,12,20H,10H2,1-7H3,(H,19,21). The van der Waals surface area contributed by atoms with Gasteiger partial charge in [-0.3, -0.25) is 5.32 Å². The van der Waals surface area contributed by atoms with E-state index in [-0.39, 0.29) is 5.54 Å². The molecule has 0 fully saturated rings. The van der Waals surface area contributed by atoms with Gasteiger partial charge in [-0.1, -0.05) is 6.92 Å². The lowest BCUT2D eigenvalue weighted by molar-refractivity contribution is 0.0636. The number of carbonyl (C=O) groups excluding carboxylic acids is 1. The maximum atomic E-state index is 12.0. The molecular weight excluding hydrogens is 276 g/mol. The lowest BCUT2D eigenvalue weighted by Crippen LogP contribution is -2.36. The Morgan fingerprint density at radius 1 is 1.36 bits per heavy atom. The molecule has 1 aromatic carbocycles. The van der Waals surface area contributed by atoms with Crippen LogP contribution in [-0.4, -0.2) is 17.2 Å². The number of fused-ring (bicyclic) bond motifs is 1. The molecule has 0 bridgehead atoms. The molecule has 122 valence electrons. The summed E-state index contributed by atoms with van der Waals surface area (Å²) < 4.78 is 5.33. The summed E-state index contributed by atoms with van der Waals surface area (Å²) in [6, 6.07) is 4.18. The Balaban J connectivity index is 2.25. The third kappa shape index (κ3) is 3.93. The van der Waals surface area contributed by atoms with E-state index < -0.39 is 11.7 Å². The minimum absolute atomic E-state index is 0.0962. The predicted molar refractivity (Wildman–Crippen MR) is 91.8 cm³/mol. The molecule has 0 spiro atoms. The van der Waals surface area contributed by atoms with Gasteiger partial charge in [-0.25, -0.2) is 4.79 Å². The summed E-state index contributed by atoms with van der Waals surface area (Å²) in [4.78, 5) is 12.0. The zero-order valence-electron chi connectivity index (χ0n) is 14.8. The van der Waals surface area contributed by atoms with Gasteiger partial charge in [-0.05, 0) is 77.1 Å². The zero-order chi connectivity index (χ0) is 16.7. The van der Waals surface area contributed by atoms with E-state index in [0.717, 1.165) is 23.4 Å². The van der Waals surface area contributed by atoms with Gasteiger partial charge in [0.25, 0.3) is 0 Å². The van der Waals surface area contributed by atoms with Crippen molar-refractivity contribution in [1.82, 2.24) is 0 Å². The minimum Gasteiger partial charge on any atom is -0.444 e. The second kappa shape index (κ2) is 5.49. The maximum Gasteiger partial charge on any atom is 0.412 e. The third-order valence-corrected chi connectivity index (χ3v) is 3.85. The monoisotopic (exact) mass is 304 g/mol. The summed E-state index contributed by atoms with van der Waals surface area (Å²) in [5.41, 5.74) is 3.86. The number of nitrogens with one attached hydrogen (secondary N) is 2. The van der Waals surface area contributed by atoms with Gasteiger partial charge >= 0.3 is 6.09 Å². The van der Waals surface area contributed by atoms with Gasteiger partial charge in [-0.15, -0.1) is 0 Å². The van der Waals surface area contributed by atoms with Gasteiger partial charge in [0.05, 0.1) is 0 Å².